The molecule has 1 amide bonds. The highest BCUT2D eigenvalue weighted by molar-refractivity contribution is 7.47. The van der Waals surface area contributed by atoms with Crippen molar-refractivity contribution in [3.8, 4) is 0 Å². The van der Waals surface area contributed by atoms with Crippen LogP contribution >= 0.6 is 7.82 Å². The number of phosphoric ester groups is 1. The Balaban J connectivity index is 5.06. The number of ether oxygens (including phenoxy) is 1. The van der Waals surface area contributed by atoms with Crippen molar-refractivity contribution >= 4 is 19.7 Å². The van der Waals surface area contributed by atoms with Crippen LogP contribution in [-0.2, 0) is 27.9 Å². The highest BCUT2D eigenvalue weighted by Crippen LogP contribution is 2.43. The fraction of sp³-hybridized carbons (Fsp3) is 0.810. The van der Waals surface area contributed by atoms with Crippen molar-refractivity contribution in [1.82, 2.24) is 5.32 Å². The zero-order chi connectivity index (χ0) is 53.6. The number of quaternary nitrogens is 1. The molecule has 0 aliphatic heterocycles. The first kappa shape index (κ1) is 70.7. The van der Waals surface area contributed by atoms with E-state index in [4.69, 9.17) is 13.8 Å². The number of amides is 1. The summed E-state index contributed by atoms with van der Waals surface area (Å²) < 4.78 is 30.6. The van der Waals surface area contributed by atoms with E-state index in [0.29, 0.717) is 17.4 Å². The van der Waals surface area contributed by atoms with Gasteiger partial charge in [0, 0.05) is 12.8 Å². The first-order chi connectivity index (χ1) is 35.4. The van der Waals surface area contributed by atoms with Crippen LogP contribution in [0, 0.1) is 0 Å². The van der Waals surface area contributed by atoms with Gasteiger partial charge in [0.2, 0.25) is 5.91 Å². The van der Waals surface area contributed by atoms with Gasteiger partial charge in [0.25, 0.3) is 0 Å². The molecule has 0 spiro atoms. The van der Waals surface area contributed by atoms with Crippen molar-refractivity contribution < 1.29 is 37.3 Å². The number of hydrogen-bond acceptors (Lipinski definition) is 6. The van der Waals surface area contributed by atoms with Crippen LogP contribution in [0.3, 0.4) is 0 Å². The van der Waals surface area contributed by atoms with Gasteiger partial charge >= 0.3 is 13.8 Å². The van der Waals surface area contributed by atoms with E-state index in [2.05, 4.69) is 74.7 Å². The van der Waals surface area contributed by atoms with Crippen LogP contribution in [0.1, 0.15) is 278 Å². The number of rotatable bonds is 55. The number of likely N-dealkylation sites (N-methyl/N-ethyl adjacent to an activating group) is 1. The molecule has 3 unspecified atom stereocenters. The number of carbonyl (C=O) groups is 2. The lowest BCUT2D eigenvalue weighted by Gasteiger charge is -2.27. The number of allylic oxidation sites excluding steroid dienone is 9. The Labute approximate surface area is 451 Å². The zero-order valence-electron chi connectivity index (χ0n) is 48.6. The molecule has 3 atom stereocenters. The van der Waals surface area contributed by atoms with Crippen LogP contribution in [-0.4, -0.2) is 74.3 Å². The molecule has 0 aliphatic rings. The molecule has 10 heteroatoms. The van der Waals surface area contributed by atoms with Gasteiger partial charge in [-0.05, 0) is 89.5 Å². The molecule has 9 nitrogen and oxygen atoms in total. The molecule has 0 rings (SSSR count). The molecule has 0 bridgehead atoms. The minimum Gasteiger partial charge on any atom is -0.456 e. The number of unbranched alkanes of at least 4 members (excludes halogenated alkanes) is 31. The quantitative estimate of drug-likeness (QED) is 0.0205. The molecule has 0 aliphatic carbocycles. The van der Waals surface area contributed by atoms with Gasteiger partial charge in [-0.3, -0.25) is 18.6 Å². The molecule has 2 N–H and O–H groups in total. The number of esters is 1. The molecule has 0 radical (unpaired) electrons. The molecule has 73 heavy (non-hydrogen) atoms. The second kappa shape index (κ2) is 53.1. The molecule has 0 fully saturated rings. The lowest BCUT2D eigenvalue weighted by molar-refractivity contribution is -0.870. The van der Waals surface area contributed by atoms with E-state index < -0.39 is 20.0 Å². The molecule has 0 saturated heterocycles. The van der Waals surface area contributed by atoms with Crippen LogP contribution in [0.15, 0.2) is 60.8 Å². The fourth-order valence-corrected chi connectivity index (χ4v) is 9.37. The summed E-state index contributed by atoms with van der Waals surface area (Å²) in [6.45, 7) is 6.94. The Hall–Kier alpha value is -2.29. The standard InChI is InChI=1S/C63H117N2O7P/c1-7-10-13-16-19-22-25-26-27-28-29-30-31-32-33-34-35-36-37-38-41-43-46-49-52-55-62(66)64-60(59-71-73(68,69)70-58-57-65(4,5)6)61(54-51-48-45-42-39-23-20-17-14-11-8-2)72-63(67)56-53-50-47-44-40-24-21-18-15-12-9-3/h18-19,21-22,26-27,29-30,51,54,60-61H,7-17,20,23-25,28,31-50,52-53,55-59H2,1-6H3,(H-,64,66,68,69)/p+1/b21-18-,22-19-,27-26-,30-29-,54-51-. The molecular formula is C63H118N2O7P+. The van der Waals surface area contributed by atoms with E-state index in [-0.39, 0.29) is 31.5 Å². The van der Waals surface area contributed by atoms with Gasteiger partial charge in [-0.2, -0.15) is 0 Å². The normalized spacial score (nSPS) is 14.1. The first-order valence-electron chi connectivity index (χ1n) is 30.6. The second-order valence-corrected chi connectivity index (χ2v) is 23.3. The number of nitrogens with one attached hydrogen (secondary N) is 1. The predicted octanol–water partition coefficient (Wildman–Crippen LogP) is 18.7. The van der Waals surface area contributed by atoms with Gasteiger partial charge in [-0.1, -0.05) is 236 Å². The summed E-state index contributed by atoms with van der Waals surface area (Å²) >= 11 is 0. The number of carbonyl (C=O) groups excluding carboxylic acids is 2. The average Bonchev–Trinajstić information content (AvgIpc) is 3.35. The third kappa shape index (κ3) is 54.3. The van der Waals surface area contributed by atoms with Crippen LogP contribution in [0.5, 0.6) is 0 Å². The molecule has 0 saturated carbocycles. The average molecular weight is 1050 g/mol. The van der Waals surface area contributed by atoms with E-state index in [9.17, 15) is 19.0 Å². The molecule has 0 aromatic heterocycles. The minimum atomic E-state index is -4.44. The lowest BCUT2D eigenvalue weighted by atomic mass is 10.0. The first-order valence-corrected chi connectivity index (χ1v) is 32.1. The molecule has 0 aromatic carbocycles. The highest BCUT2D eigenvalue weighted by Gasteiger charge is 2.30. The summed E-state index contributed by atoms with van der Waals surface area (Å²) in [6.07, 6.45) is 66.5. The van der Waals surface area contributed by atoms with Crippen molar-refractivity contribution in [3.63, 3.8) is 0 Å². The fourth-order valence-electron chi connectivity index (χ4n) is 8.63. The Morgan fingerprint density at radius 2 is 0.849 bits per heavy atom. The largest absolute Gasteiger partial charge is 0.472 e. The summed E-state index contributed by atoms with van der Waals surface area (Å²) in [7, 11) is 1.49. The van der Waals surface area contributed by atoms with Crippen LogP contribution < -0.4 is 5.32 Å². The van der Waals surface area contributed by atoms with E-state index in [1.807, 2.05) is 33.3 Å². The maximum Gasteiger partial charge on any atom is 0.472 e. The molecular weight excluding hydrogens is 928 g/mol. The van der Waals surface area contributed by atoms with E-state index >= 15 is 0 Å². The van der Waals surface area contributed by atoms with Gasteiger partial charge in [0.05, 0.1) is 33.8 Å². The SMILES string of the molecule is CCCC/C=C\CCCCCCCC(=O)OC(/C=C\CCCCCCCCCCC)C(COP(=O)(O)OCC[N+](C)(C)C)NC(=O)CCCCCCCCCCCCCC/C=C\C/C=C\C/C=C\CCCCC. The smallest absolute Gasteiger partial charge is 0.456 e. The van der Waals surface area contributed by atoms with Crippen molar-refractivity contribution in [1.29, 1.82) is 0 Å². The third-order valence-corrected chi connectivity index (χ3v) is 14.4. The minimum absolute atomic E-state index is 0.0379. The second-order valence-electron chi connectivity index (χ2n) is 21.9. The summed E-state index contributed by atoms with van der Waals surface area (Å²) in [4.78, 5) is 37.6. The Kier molecular flexibility index (Phi) is 51.5. The summed E-state index contributed by atoms with van der Waals surface area (Å²) in [5.74, 6) is -0.516. The molecule has 0 aromatic rings. The maximum absolute atomic E-state index is 13.5. The number of phosphoric acid groups is 1. The molecule has 0 heterocycles. The van der Waals surface area contributed by atoms with E-state index in [1.165, 1.54) is 148 Å². The topological polar surface area (TPSA) is 111 Å². The van der Waals surface area contributed by atoms with Crippen molar-refractivity contribution in [2.45, 2.75) is 290 Å². The van der Waals surface area contributed by atoms with Gasteiger partial charge in [-0.15, -0.1) is 0 Å². The lowest BCUT2D eigenvalue weighted by Crippen LogP contribution is -2.47. The highest BCUT2D eigenvalue weighted by atomic mass is 31.2. The Bertz CT molecular complexity index is 1440. The monoisotopic (exact) mass is 1050 g/mol. The van der Waals surface area contributed by atoms with E-state index in [1.54, 1.807) is 0 Å². The van der Waals surface area contributed by atoms with E-state index in [0.717, 1.165) is 96.3 Å². The Morgan fingerprint density at radius 3 is 1.33 bits per heavy atom. The van der Waals surface area contributed by atoms with Crippen molar-refractivity contribution in [3.05, 3.63) is 60.8 Å². The third-order valence-electron chi connectivity index (χ3n) is 13.4. The maximum atomic E-state index is 13.5. The zero-order valence-corrected chi connectivity index (χ0v) is 49.5. The van der Waals surface area contributed by atoms with Crippen LogP contribution in [0.4, 0.5) is 0 Å². The van der Waals surface area contributed by atoms with Gasteiger partial charge in [0.1, 0.15) is 19.3 Å². The summed E-state index contributed by atoms with van der Waals surface area (Å²) in [5, 5.41) is 3.05. The predicted molar refractivity (Wildman–Crippen MR) is 314 cm³/mol. The molecule has 426 valence electrons. The van der Waals surface area contributed by atoms with Gasteiger partial charge in [0.15, 0.2) is 0 Å². The van der Waals surface area contributed by atoms with Gasteiger partial charge < -0.3 is 19.4 Å². The van der Waals surface area contributed by atoms with Crippen molar-refractivity contribution in [2.75, 3.05) is 40.9 Å². The summed E-state index contributed by atoms with van der Waals surface area (Å²) in [5.41, 5.74) is 0. The van der Waals surface area contributed by atoms with Crippen molar-refractivity contribution in [2.24, 2.45) is 0 Å². The Morgan fingerprint density at radius 1 is 0.479 bits per heavy atom. The van der Waals surface area contributed by atoms with Gasteiger partial charge in [-0.25, -0.2) is 4.57 Å². The van der Waals surface area contributed by atoms with Crippen LogP contribution in [0.2, 0.25) is 0 Å². The summed E-state index contributed by atoms with van der Waals surface area (Å²) in [6, 6.07) is -0.851. The van der Waals surface area contributed by atoms with Crippen LogP contribution in [0.25, 0.3) is 0 Å². The number of hydrogen-bond donors (Lipinski definition) is 2. The number of nitrogens with zero attached hydrogens (tertiary/aromatic N) is 1.